The van der Waals surface area contributed by atoms with E-state index in [-0.39, 0.29) is 37.9 Å². The summed E-state index contributed by atoms with van der Waals surface area (Å²) in [5.41, 5.74) is 4.13. The summed E-state index contributed by atoms with van der Waals surface area (Å²) in [5, 5.41) is 8.58. The normalized spacial score (nSPS) is 14.7. The smallest absolute Gasteiger partial charge is 0.389 e. The third-order valence-corrected chi connectivity index (χ3v) is 7.63. The number of hydrogen-bond acceptors (Lipinski definition) is 6. The lowest BCUT2D eigenvalue weighted by atomic mass is 9.86. The molecule has 1 heterocycles. The largest absolute Gasteiger partial charge is 0.469 e. The molecule has 1 aliphatic heterocycles. The van der Waals surface area contributed by atoms with Gasteiger partial charge < -0.3 is 14.8 Å². The highest BCUT2D eigenvalue weighted by Crippen LogP contribution is 2.33. The molecular weight excluding hydrogens is 587 g/mol. The fourth-order valence-corrected chi connectivity index (χ4v) is 5.20. The van der Waals surface area contributed by atoms with Crippen molar-refractivity contribution in [3.05, 3.63) is 101 Å². The fourth-order valence-electron chi connectivity index (χ4n) is 5.20. The van der Waals surface area contributed by atoms with E-state index in [0.717, 1.165) is 22.3 Å². The van der Waals surface area contributed by atoms with Crippen LogP contribution in [-0.4, -0.2) is 48.6 Å². The number of rotatable bonds is 12. The number of hydrogen-bond donors (Lipinski definition) is 1. The molecule has 45 heavy (non-hydrogen) atoms. The Morgan fingerprint density at radius 1 is 1.04 bits per heavy atom. The minimum Gasteiger partial charge on any atom is -0.469 e. The van der Waals surface area contributed by atoms with Crippen molar-refractivity contribution in [3.8, 4) is 0 Å². The molecule has 0 saturated carbocycles. The number of esters is 1. The lowest BCUT2D eigenvalue weighted by Gasteiger charge is -2.25. The highest BCUT2D eigenvalue weighted by molar-refractivity contribution is 5.98. The molecule has 0 fully saturated rings. The maximum atomic E-state index is 13.7. The van der Waals surface area contributed by atoms with Crippen molar-refractivity contribution in [1.82, 2.24) is 5.01 Å². The van der Waals surface area contributed by atoms with Crippen molar-refractivity contribution in [2.45, 2.75) is 58.2 Å². The lowest BCUT2D eigenvalue weighted by molar-refractivity contribution is -0.144. The number of hydrazone groups is 1. The maximum absolute atomic E-state index is 13.7. The predicted molar refractivity (Wildman–Crippen MR) is 163 cm³/mol. The molecule has 0 bridgehead atoms. The zero-order valence-electron chi connectivity index (χ0n) is 25.4. The fraction of sp³-hybridized carbons (Fsp3) is 0.353. The molecule has 0 aromatic heterocycles. The van der Waals surface area contributed by atoms with Crippen LogP contribution in [0.5, 0.6) is 0 Å². The van der Waals surface area contributed by atoms with Gasteiger partial charge in [0, 0.05) is 24.1 Å². The number of amides is 2. The Morgan fingerprint density at radius 3 is 2.42 bits per heavy atom. The molecule has 2 amide bonds. The quantitative estimate of drug-likeness (QED) is 0.232. The number of halogens is 3. The molecule has 238 valence electrons. The molecule has 4 rings (SSSR count). The topological polar surface area (TPSA) is 97.3 Å². The predicted octanol–water partition coefficient (Wildman–Crippen LogP) is 6.52. The van der Waals surface area contributed by atoms with E-state index in [0.29, 0.717) is 23.6 Å². The summed E-state index contributed by atoms with van der Waals surface area (Å²) in [4.78, 5) is 37.8. The van der Waals surface area contributed by atoms with Crippen LogP contribution >= 0.6 is 0 Å². The van der Waals surface area contributed by atoms with Crippen LogP contribution in [0.25, 0.3) is 0 Å². The Morgan fingerprint density at radius 2 is 1.76 bits per heavy atom. The summed E-state index contributed by atoms with van der Waals surface area (Å²) in [7, 11) is 1.32. The summed E-state index contributed by atoms with van der Waals surface area (Å²) in [6, 6.07) is 21.4. The number of nitrogens with one attached hydrogen (secondary N) is 1. The summed E-state index contributed by atoms with van der Waals surface area (Å²) in [6.07, 6.45) is -4.82. The molecule has 0 saturated heterocycles. The van der Waals surface area contributed by atoms with Crippen LogP contribution in [0.4, 0.5) is 18.9 Å². The molecule has 8 nitrogen and oxygen atoms in total. The molecule has 11 heteroatoms. The van der Waals surface area contributed by atoms with Crippen molar-refractivity contribution in [2.24, 2.45) is 11.0 Å². The van der Waals surface area contributed by atoms with Crippen molar-refractivity contribution < 1.29 is 37.0 Å². The Bertz CT molecular complexity index is 1520. The number of carbonyl (C=O) groups is 3. The molecule has 0 spiro atoms. The Labute approximate surface area is 260 Å². The summed E-state index contributed by atoms with van der Waals surface area (Å²) < 4.78 is 49.9. The van der Waals surface area contributed by atoms with Crippen LogP contribution in [0.15, 0.2) is 77.9 Å². The van der Waals surface area contributed by atoms with Gasteiger partial charge in [-0.25, -0.2) is 5.01 Å². The molecule has 3 aromatic rings. The molecule has 1 aliphatic rings. The average Bonchev–Trinajstić information content (AvgIpc) is 3.01. The van der Waals surface area contributed by atoms with Gasteiger partial charge in [-0.05, 0) is 66.1 Å². The van der Waals surface area contributed by atoms with Gasteiger partial charge in [0.2, 0.25) is 11.8 Å². The average molecular weight is 624 g/mol. The van der Waals surface area contributed by atoms with Crippen LogP contribution < -0.4 is 5.32 Å². The van der Waals surface area contributed by atoms with Gasteiger partial charge in [0.1, 0.15) is 0 Å². The minimum absolute atomic E-state index is 0.0293. The number of alkyl halides is 3. The molecule has 0 radical (unpaired) electrons. The van der Waals surface area contributed by atoms with E-state index in [9.17, 15) is 27.6 Å². The number of benzene rings is 3. The van der Waals surface area contributed by atoms with Crippen molar-refractivity contribution in [2.75, 3.05) is 19.0 Å². The summed E-state index contributed by atoms with van der Waals surface area (Å²) >= 11 is 0. The van der Waals surface area contributed by atoms with Gasteiger partial charge in [-0.3, -0.25) is 14.4 Å². The van der Waals surface area contributed by atoms with Crippen LogP contribution in [0.2, 0.25) is 0 Å². The Balaban J connectivity index is 1.54. The third kappa shape index (κ3) is 9.41. The van der Waals surface area contributed by atoms with E-state index in [1.165, 1.54) is 19.0 Å². The van der Waals surface area contributed by atoms with E-state index in [2.05, 4.69) is 10.4 Å². The van der Waals surface area contributed by atoms with Gasteiger partial charge in [0.25, 0.3) is 5.91 Å². The van der Waals surface area contributed by atoms with Gasteiger partial charge >= 0.3 is 12.1 Å². The van der Waals surface area contributed by atoms with Crippen LogP contribution in [0, 0.1) is 12.8 Å². The molecule has 3 aromatic carbocycles. The SMILES string of the molecule is COC(=O)CCc1cccc(NC(=O)C(CC(C)CC(F)(F)F)c2ccc(CN3N=C(c4ccccc4)OCC3=O)cc2)c1C. The standard InChI is InChI=1S/C34H36F3N3O5/c1-22(19-34(35,36)37)18-28(32(43)38-29-11-7-10-25(23(29)2)16-17-31(42)44-3)26-14-12-24(13-15-26)20-40-30(41)21-45-33(39-40)27-8-5-4-6-9-27/h4-15,22,28H,16-21H2,1-3H3,(H,38,43). The molecule has 1 N–H and O–H groups in total. The van der Waals surface area contributed by atoms with Gasteiger partial charge in [-0.1, -0.05) is 61.5 Å². The second-order valence-electron chi connectivity index (χ2n) is 11.1. The zero-order valence-corrected chi connectivity index (χ0v) is 25.4. The molecule has 2 atom stereocenters. The first-order chi connectivity index (χ1) is 21.4. The molecule has 0 aliphatic carbocycles. The number of carbonyl (C=O) groups excluding carboxylic acids is 3. The highest BCUT2D eigenvalue weighted by Gasteiger charge is 2.33. The number of nitrogens with zero attached hydrogens (tertiary/aromatic N) is 2. The van der Waals surface area contributed by atoms with Crippen LogP contribution in [-0.2, 0) is 36.8 Å². The summed E-state index contributed by atoms with van der Waals surface area (Å²) in [5.74, 6) is -2.47. The maximum Gasteiger partial charge on any atom is 0.389 e. The second-order valence-corrected chi connectivity index (χ2v) is 11.1. The Kier molecular flexibility index (Phi) is 11.0. The number of ether oxygens (including phenoxy) is 2. The van der Waals surface area contributed by atoms with Gasteiger partial charge in [0.15, 0.2) is 6.61 Å². The summed E-state index contributed by atoms with van der Waals surface area (Å²) in [6.45, 7) is 3.29. The van der Waals surface area contributed by atoms with Crippen LogP contribution in [0.3, 0.4) is 0 Å². The van der Waals surface area contributed by atoms with Gasteiger partial charge in [-0.15, -0.1) is 5.10 Å². The number of anilines is 1. The number of aryl methyl sites for hydroxylation is 1. The van der Waals surface area contributed by atoms with E-state index in [4.69, 9.17) is 9.47 Å². The van der Waals surface area contributed by atoms with E-state index in [1.54, 1.807) is 36.4 Å². The second kappa shape index (κ2) is 14.9. The molecular formula is C34H36F3N3O5. The zero-order chi connectivity index (χ0) is 32.6. The van der Waals surface area contributed by atoms with Crippen LogP contribution in [0.1, 0.15) is 59.9 Å². The highest BCUT2D eigenvalue weighted by atomic mass is 19.4. The number of methoxy groups -OCH3 is 1. The van der Waals surface area contributed by atoms with E-state index in [1.807, 2.05) is 43.3 Å². The minimum atomic E-state index is -4.36. The van der Waals surface area contributed by atoms with Crippen molar-refractivity contribution in [3.63, 3.8) is 0 Å². The Hall–Kier alpha value is -4.67. The van der Waals surface area contributed by atoms with Gasteiger partial charge in [-0.2, -0.15) is 13.2 Å². The first-order valence-corrected chi connectivity index (χ1v) is 14.6. The van der Waals surface area contributed by atoms with E-state index < -0.39 is 30.3 Å². The van der Waals surface area contributed by atoms with Crippen molar-refractivity contribution >= 4 is 29.4 Å². The van der Waals surface area contributed by atoms with Crippen molar-refractivity contribution in [1.29, 1.82) is 0 Å². The first-order valence-electron chi connectivity index (χ1n) is 14.6. The lowest BCUT2D eigenvalue weighted by Crippen LogP contribution is -2.36. The van der Waals surface area contributed by atoms with Gasteiger partial charge in [0.05, 0.1) is 19.6 Å². The third-order valence-electron chi connectivity index (χ3n) is 7.63. The molecule has 2 unspecified atom stereocenters. The monoisotopic (exact) mass is 623 g/mol. The first kappa shape index (κ1) is 33.2. The van der Waals surface area contributed by atoms with E-state index >= 15 is 0 Å².